The molecule has 3 atom stereocenters. The number of fused-ring (bicyclic) bond motifs is 1. The largest absolute Gasteiger partial charge is 0.463 e. The molecule has 0 aromatic carbocycles. The molecule has 0 fully saturated rings. The van der Waals surface area contributed by atoms with Gasteiger partial charge >= 0.3 is 5.97 Å². The van der Waals surface area contributed by atoms with Crippen LogP contribution in [0.5, 0.6) is 0 Å². The van der Waals surface area contributed by atoms with Crippen LogP contribution in [0.4, 0.5) is 0 Å². The van der Waals surface area contributed by atoms with Crippen LogP contribution in [0.3, 0.4) is 0 Å². The van der Waals surface area contributed by atoms with Crippen molar-refractivity contribution < 1.29 is 19.7 Å². The molecule has 0 aliphatic carbocycles. The fourth-order valence-electron chi connectivity index (χ4n) is 3.26. The van der Waals surface area contributed by atoms with Crippen LogP contribution in [0.25, 0.3) is 0 Å². The summed E-state index contributed by atoms with van der Waals surface area (Å²) in [6.45, 7) is 7.62. The lowest BCUT2D eigenvalue weighted by Crippen LogP contribution is -2.51. The Morgan fingerprint density at radius 2 is 2.04 bits per heavy atom. The third-order valence-electron chi connectivity index (χ3n) is 4.98. The predicted molar refractivity (Wildman–Crippen MR) is 94.9 cm³/mol. The summed E-state index contributed by atoms with van der Waals surface area (Å²) in [6, 6.07) is -0.380. The van der Waals surface area contributed by atoms with E-state index in [-0.39, 0.29) is 12.6 Å². The van der Waals surface area contributed by atoms with E-state index in [4.69, 9.17) is 4.74 Å². The highest BCUT2D eigenvalue weighted by Crippen LogP contribution is 2.38. The van der Waals surface area contributed by atoms with Gasteiger partial charge in [-0.15, -0.1) is 0 Å². The van der Waals surface area contributed by atoms with Gasteiger partial charge in [-0.3, -0.25) is 0 Å². The number of ether oxygens (including phenoxy) is 1. The first-order valence-corrected chi connectivity index (χ1v) is 8.79. The van der Waals surface area contributed by atoms with Crippen LogP contribution in [0.1, 0.15) is 40.5 Å². The second-order valence-electron chi connectivity index (χ2n) is 6.56. The average Bonchev–Trinajstić information content (AvgIpc) is 2.94. The fourth-order valence-corrected chi connectivity index (χ4v) is 3.26. The van der Waals surface area contributed by atoms with Crippen LogP contribution in [0.15, 0.2) is 23.0 Å². The van der Waals surface area contributed by atoms with Crippen molar-refractivity contribution in [3.63, 3.8) is 0 Å². The van der Waals surface area contributed by atoms with Gasteiger partial charge in [-0.1, -0.05) is 25.7 Å². The minimum atomic E-state index is -1.06. The quantitative estimate of drug-likeness (QED) is 0.522. The molecule has 0 aromatic heterocycles. The van der Waals surface area contributed by atoms with Crippen molar-refractivity contribution in [3.8, 4) is 11.8 Å². The summed E-state index contributed by atoms with van der Waals surface area (Å²) >= 11 is 0. The Hall–Kier alpha value is -1.97. The van der Waals surface area contributed by atoms with Gasteiger partial charge in [0.05, 0.1) is 24.1 Å². The van der Waals surface area contributed by atoms with E-state index in [0.717, 1.165) is 0 Å². The molecule has 2 rings (SSSR count). The number of carbonyl (C=O) groups excluding carboxylic acids is 1. The molecular weight excluding hydrogens is 320 g/mol. The fraction of sp³-hybridized carbons (Fsp3) is 0.632. The van der Waals surface area contributed by atoms with E-state index >= 15 is 0 Å². The van der Waals surface area contributed by atoms with Crippen LogP contribution < -0.4 is 5.32 Å². The number of carbonyl (C=O) groups is 1. The standard InChI is InChI=1S/C19H28N2O4/c1-6-19(24,7-2)10-9-13-11-21(5)17(22)16-15(13)14(12(4)20-16)18(23)25-8-3/h11,15-17,20,22,24H,6-8H2,1-5H3. The van der Waals surface area contributed by atoms with E-state index in [1.807, 2.05) is 13.8 Å². The van der Waals surface area contributed by atoms with Gasteiger partial charge in [0.1, 0.15) is 11.8 Å². The number of nitrogens with zero attached hydrogens (tertiary/aromatic N) is 1. The maximum Gasteiger partial charge on any atom is 0.336 e. The summed E-state index contributed by atoms with van der Waals surface area (Å²) in [5.74, 6) is 5.22. The summed E-state index contributed by atoms with van der Waals surface area (Å²) in [7, 11) is 1.76. The van der Waals surface area contributed by atoms with Gasteiger partial charge in [0.15, 0.2) is 0 Å². The van der Waals surface area contributed by atoms with Crippen molar-refractivity contribution >= 4 is 5.97 Å². The van der Waals surface area contributed by atoms with Crippen molar-refractivity contribution in [1.82, 2.24) is 10.2 Å². The second kappa shape index (κ2) is 7.51. The topological polar surface area (TPSA) is 82.0 Å². The second-order valence-corrected chi connectivity index (χ2v) is 6.56. The highest BCUT2D eigenvalue weighted by Gasteiger charge is 2.46. The van der Waals surface area contributed by atoms with Crippen LogP contribution >= 0.6 is 0 Å². The molecule has 0 spiro atoms. The Balaban J connectivity index is 2.46. The highest BCUT2D eigenvalue weighted by molar-refractivity contribution is 5.92. The number of aliphatic hydroxyl groups excluding tert-OH is 1. The lowest BCUT2D eigenvalue weighted by atomic mass is 9.83. The first kappa shape index (κ1) is 19.4. The number of aliphatic hydroxyl groups is 2. The molecule has 2 heterocycles. The van der Waals surface area contributed by atoms with Gasteiger partial charge in [-0.25, -0.2) is 4.79 Å². The van der Waals surface area contributed by atoms with E-state index in [1.165, 1.54) is 0 Å². The molecule has 6 nitrogen and oxygen atoms in total. The molecule has 0 radical (unpaired) electrons. The van der Waals surface area contributed by atoms with Gasteiger partial charge in [-0.05, 0) is 26.7 Å². The minimum Gasteiger partial charge on any atom is -0.463 e. The lowest BCUT2D eigenvalue weighted by molar-refractivity contribution is -0.139. The smallest absolute Gasteiger partial charge is 0.336 e. The van der Waals surface area contributed by atoms with Gasteiger partial charge in [0.2, 0.25) is 0 Å². The van der Waals surface area contributed by atoms with Gasteiger partial charge < -0.3 is 25.2 Å². The molecule has 0 amide bonds. The summed E-state index contributed by atoms with van der Waals surface area (Å²) in [4.78, 5) is 14.1. The summed E-state index contributed by atoms with van der Waals surface area (Å²) in [6.07, 6.45) is 2.00. The minimum absolute atomic E-state index is 0.283. The van der Waals surface area contributed by atoms with Gasteiger partial charge in [-0.2, -0.15) is 0 Å². The Bertz CT molecular complexity index is 652. The Morgan fingerprint density at radius 1 is 1.40 bits per heavy atom. The predicted octanol–water partition coefficient (Wildman–Crippen LogP) is 1.11. The Labute approximate surface area is 149 Å². The van der Waals surface area contributed by atoms with E-state index in [0.29, 0.717) is 29.7 Å². The van der Waals surface area contributed by atoms with E-state index in [1.54, 1.807) is 32.0 Å². The zero-order valence-electron chi connectivity index (χ0n) is 15.6. The number of nitrogens with one attached hydrogen (secondary N) is 1. The normalized spacial score (nSPS) is 25.6. The molecule has 0 bridgehead atoms. The van der Waals surface area contributed by atoms with E-state index in [2.05, 4.69) is 17.2 Å². The molecular formula is C19H28N2O4. The monoisotopic (exact) mass is 348 g/mol. The molecule has 6 heteroatoms. The van der Waals surface area contributed by atoms with Crippen LogP contribution in [0.2, 0.25) is 0 Å². The summed E-state index contributed by atoms with van der Waals surface area (Å²) in [5, 5.41) is 24.1. The van der Waals surface area contributed by atoms with Gasteiger partial charge in [0, 0.05) is 24.5 Å². The van der Waals surface area contributed by atoms with Crippen LogP contribution in [-0.2, 0) is 9.53 Å². The first-order valence-electron chi connectivity index (χ1n) is 8.79. The number of likely N-dealkylation sites (N-methyl/N-ethyl adjacent to an activating group) is 1. The number of rotatable bonds is 4. The first-order chi connectivity index (χ1) is 11.8. The van der Waals surface area contributed by atoms with E-state index < -0.39 is 23.7 Å². The number of hydrogen-bond acceptors (Lipinski definition) is 6. The van der Waals surface area contributed by atoms with Gasteiger partial charge in [0.25, 0.3) is 0 Å². The van der Waals surface area contributed by atoms with Crippen molar-refractivity contribution in [2.75, 3.05) is 13.7 Å². The summed E-state index contributed by atoms with van der Waals surface area (Å²) < 4.78 is 5.19. The van der Waals surface area contributed by atoms with Crippen molar-refractivity contribution in [1.29, 1.82) is 0 Å². The third kappa shape index (κ3) is 3.68. The Morgan fingerprint density at radius 3 is 2.60 bits per heavy atom. The van der Waals surface area contributed by atoms with Crippen molar-refractivity contribution in [2.45, 2.75) is 58.4 Å². The SMILES string of the molecule is CCOC(=O)C1=C(C)NC2C1C(C#CC(O)(CC)CC)=CN(C)C2O. The van der Waals surface area contributed by atoms with Crippen LogP contribution in [0, 0.1) is 17.8 Å². The lowest BCUT2D eigenvalue weighted by Gasteiger charge is -2.37. The molecule has 138 valence electrons. The molecule has 0 saturated carbocycles. The number of allylic oxidation sites excluding steroid dienone is 1. The summed E-state index contributed by atoms with van der Waals surface area (Å²) in [5.41, 5.74) is 0.818. The van der Waals surface area contributed by atoms with Crippen LogP contribution in [-0.4, -0.2) is 52.6 Å². The molecule has 0 saturated heterocycles. The molecule has 3 unspecified atom stereocenters. The van der Waals surface area contributed by atoms with Crippen molar-refractivity contribution in [2.24, 2.45) is 5.92 Å². The highest BCUT2D eigenvalue weighted by atomic mass is 16.5. The molecule has 2 aliphatic heterocycles. The third-order valence-corrected chi connectivity index (χ3v) is 4.98. The molecule has 0 aromatic rings. The maximum absolute atomic E-state index is 12.4. The molecule has 2 aliphatic rings. The Kier molecular flexibility index (Phi) is 5.81. The molecule has 3 N–H and O–H groups in total. The van der Waals surface area contributed by atoms with E-state index in [9.17, 15) is 15.0 Å². The zero-order chi connectivity index (χ0) is 18.8. The number of hydrogen-bond donors (Lipinski definition) is 3. The maximum atomic E-state index is 12.4. The zero-order valence-corrected chi connectivity index (χ0v) is 15.6. The number of esters is 1. The average molecular weight is 348 g/mol. The van der Waals surface area contributed by atoms with Crippen molar-refractivity contribution in [3.05, 3.63) is 23.0 Å². The molecule has 25 heavy (non-hydrogen) atoms.